The van der Waals surface area contributed by atoms with Crippen molar-refractivity contribution in [2.45, 2.75) is 63.5 Å². The van der Waals surface area contributed by atoms with Gasteiger partial charge in [0.2, 0.25) is 0 Å². The van der Waals surface area contributed by atoms with E-state index in [9.17, 15) is 0 Å². The Bertz CT molecular complexity index is 399. The van der Waals surface area contributed by atoms with E-state index in [1.54, 1.807) is 0 Å². The Morgan fingerprint density at radius 2 is 2.00 bits per heavy atom. The SMILES string of the molecule is CCNC(Cc1ccc(Br)s1)C1(OC)CCCCCC1. The van der Waals surface area contributed by atoms with Crippen LogP contribution >= 0.6 is 27.3 Å². The van der Waals surface area contributed by atoms with Gasteiger partial charge in [0.15, 0.2) is 0 Å². The molecule has 114 valence electrons. The van der Waals surface area contributed by atoms with Crippen LogP contribution in [0.2, 0.25) is 0 Å². The monoisotopic (exact) mass is 359 g/mol. The average molecular weight is 360 g/mol. The molecule has 2 nitrogen and oxygen atoms in total. The summed E-state index contributed by atoms with van der Waals surface area (Å²) < 4.78 is 7.30. The van der Waals surface area contributed by atoms with Gasteiger partial charge in [0, 0.05) is 18.0 Å². The maximum Gasteiger partial charge on any atom is 0.0834 e. The number of rotatable bonds is 6. The summed E-state index contributed by atoms with van der Waals surface area (Å²) in [5.74, 6) is 0. The number of likely N-dealkylation sites (N-methyl/N-ethyl adjacent to an activating group) is 1. The number of ether oxygens (including phenoxy) is 1. The van der Waals surface area contributed by atoms with Crippen molar-refractivity contribution in [3.8, 4) is 0 Å². The Labute approximate surface area is 135 Å². The van der Waals surface area contributed by atoms with Gasteiger partial charge in [0.1, 0.15) is 0 Å². The Hall–Kier alpha value is 0.1000. The van der Waals surface area contributed by atoms with Gasteiger partial charge in [0.25, 0.3) is 0 Å². The molecule has 1 fully saturated rings. The fourth-order valence-corrected chi connectivity index (χ4v) is 4.90. The van der Waals surface area contributed by atoms with E-state index >= 15 is 0 Å². The number of thiophene rings is 1. The van der Waals surface area contributed by atoms with Crippen molar-refractivity contribution in [1.82, 2.24) is 5.32 Å². The zero-order valence-electron chi connectivity index (χ0n) is 12.6. The van der Waals surface area contributed by atoms with Crippen LogP contribution in [0.3, 0.4) is 0 Å². The van der Waals surface area contributed by atoms with Crippen LogP contribution < -0.4 is 5.32 Å². The van der Waals surface area contributed by atoms with Crippen LogP contribution in [0, 0.1) is 0 Å². The number of halogens is 1. The highest BCUT2D eigenvalue weighted by molar-refractivity contribution is 9.11. The van der Waals surface area contributed by atoms with Crippen LogP contribution in [-0.4, -0.2) is 25.3 Å². The lowest BCUT2D eigenvalue weighted by molar-refractivity contribution is -0.0521. The minimum Gasteiger partial charge on any atom is -0.377 e. The highest BCUT2D eigenvalue weighted by Crippen LogP contribution is 2.35. The van der Waals surface area contributed by atoms with Gasteiger partial charge < -0.3 is 10.1 Å². The van der Waals surface area contributed by atoms with Crippen molar-refractivity contribution < 1.29 is 4.74 Å². The molecule has 0 radical (unpaired) electrons. The van der Waals surface area contributed by atoms with Crippen molar-refractivity contribution in [3.05, 3.63) is 20.8 Å². The fraction of sp³-hybridized carbons (Fsp3) is 0.750. The molecule has 2 rings (SSSR count). The third-order valence-corrected chi connectivity index (χ3v) is 6.12. The van der Waals surface area contributed by atoms with Crippen molar-refractivity contribution in [3.63, 3.8) is 0 Å². The van der Waals surface area contributed by atoms with E-state index < -0.39 is 0 Å². The second kappa shape index (κ2) is 7.92. The summed E-state index contributed by atoms with van der Waals surface area (Å²) in [7, 11) is 1.90. The molecule has 1 aliphatic rings. The molecule has 1 saturated carbocycles. The van der Waals surface area contributed by atoms with Gasteiger partial charge in [0.05, 0.1) is 9.39 Å². The molecular weight excluding hydrogens is 334 g/mol. The van der Waals surface area contributed by atoms with Gasteiger partial charge in [-0.3, -0.25) is 0 Å². The number of methoxy groups -OCH3 is 1. The van der Waals surface area contributed by atoms with E-state index in [0.717, 1.165) is 13.0 Å². The summed E-state index contributed by atoms with van der Waals surface area (Å²) in [5, 5.41) is 3.70. The first-order valence-electron chi connectivity index (χ1n) is 7.73. The van der Waals surface area contributed by atoms with Gasteiger partial charge in [-0.05, 0) is 53.9 Å². The lowest BCUT2D eigenvalue weighted by Crippen LogP contribution is -2.53. The maximum absolute atomic E-state index is 6.08. The van der Waals surface area contributed by atoms with Gasteiger partial charge in [-0.1, -0.05) is 32.6 Å². The second-order valence-corrected chi connectivity index (χ2v) is 8.25. The zero-order valence-corrected chi connectivity index (χ0v) is 15.0. The third kappa shape index (κ3) is 4.06. The molecule has 0 saturated heterocycles. The van der Waals surface area contributed by atoms with E-state index in [-0.39, 0.29) is 5.60 Å². The highest BCUT2D eigenvalue weighted by atomic mass is 79.9. The Morgan fingerprint density at radius 1 is 1.30 bits per heavy atom. The lowest BCUT2D eigenvalue weighted by atomic mass is 9.84. The van der Waals surface area contributed by atoms with E-state index in [4.69, 9.17) is 4.74 Å². The predicted octanol–water partition coefficient (Wildman–Crippen LogP) is 4.77. The molecule has 1 aromatic rings. The molecule has 0 spiro atoms. The molecule has 1 atom stereocenters. The summed E-state index contributed by atoms with van der Waals surface area (Å²) in [4.78, 5) is 1.43. The second-order valence-electron chi connectivity index (χ2n) is 5.70. The van der Waals surface area contributed by atoms with E-state index in [2.05, 4.69) is 40.3 Å². The van der Waals surface area contributed by atoms with Crippen LogP contribution in [-0.2, 0) is 11.2 Å². The standard InChI is InChI=1S/C16H26BrNOS/c1-3-18-14(12-13-8-9-15(17)20-13)16(19-2)10-6-4-5-7-11-16/h8-9,14,18H,3-7,10-12H2,1-2H3. The first kappa shape index (κ1) is 16.5. The van der Waals surface area contributed by atoms with Crippen LogP contribution in [0.15, 0.2) is 15.9 Å². The number of hydrogen-bond donors (Lipinski definition) is 1. The van der Waals surface area contributed by atoms with Crippen molar-refractivity contribution in [2.75, 3.05) is 13.7 Å². The third-order valence-electron chi connectivity index (χ3n) is 4.48. The van der Waals surface area contributed by atoms with Crippen LogP contribution in [0.25, 0.3) is 0 Å². The Balaban J connectivity index is 2.15. The zero-order chi connectivity index (χ0) is 14.4. The molecule has 4 heteroatoms. The summed E-state index contributed by atoms with van der Waals surface area (Å²) in [5.41, 5.74) is 0.0168. The molecule has 20 heavy (non-hydrogen) atoms. The quantitative estimate of drug-likeness (QED) is 0.738. The molecular formula is C16H26BrNOS. The lowest BCUT2D eigenvalue weighted by Gasteiger charge is -2.39. The molecule has 1 aromatic heterocycles. The summed E-state index contributed by atoms with van der Waals surface area (Å²) in [6, 6.07) is 4.80. The van der Waals surface area contributed by atoms with E-state index in [1.165, 1.54) is 47.2 Å². The summed E-state index contributed by atoms with van der Waals surface area (Å²) in [6.45, 7) is 3.19. The molecule has 1 aliphatic carbocycles. The minimum atomic E-state index is 0.0168. The molecule has 1 unspecified atom stereocenters. The topological polar surface area (TPSA) is 21.3 Å². The van der Waals surface area contributed by atoms with E-state index in [0.29, 0.717) is 6.04 Å². The van der Waals surface area contributed by atoms with Crippen molar-refractivity contribution in [1.29, 1.82) is 0 Å². The fourth-order valence-electron chi connectivity index (χ4n) is 3.38. The smallest absolute Gasteiger partial charge is 0.0834 e. The van der Waals surface area contributed by atoms with Gasteiger partial charge in [-0.15, -0.1) is 11.3 Å². The average Bonchev–Trinajstić information content (AvgIpc) is 2.72. The summed E-state index contributed by atoms with van der Waals surface area (Å²) >= 11 is 5.41. The van der Waals surface area contributed by atoms with Crippen LogP contribution in [0.4, 0.5) is 0 Å². The first-order chi connectivity index (χ1) is 9.70. The maximum atomic E-state index is 6.08. The molecule has 0 bridgehead atoms. The number of hydrogen-bond acceptors (Lipinski definition) is 3. The normalized spacial score (nSPS) is 20.6. The predicted molar refractivity (Wildman–Crippen MR) is 90.6 cm³/mol. The molecule has 0 aliphatic heterocycles. The van der Waals surface area contributed by atoms with Gasteiger partial charge in [-0.2, -0.15) is 0 Å². The minimum absolute atomic E-state index is 0.0168. The molecule has 1 heterocycles. The molecule has 1 N–H and O–H groups in total. The summed E-state index contributed by atoms with van der Waals surface area (Å²) in [6.07, 6.45) is 8.75. The largest absolute Gasteiger partial charge is 0.377 e. The van der Waals surface area contributed by atoms with Gasteiger partial charge >= 0.3 is 0 Å². The van der Waals surface area contributed by atoms with Crippen molar-refractivity contribution >= 4 is 27.3 Å². The van der Waals surface area contributed by atoms with E-state index in [1.807, 2.05) is 18.4 Å². The van der Waals surface area contributed by atoms with Crippen LogP contribution in [0.5, 0.6) is 0 Å². The van der Waals surface area contributed by atoms with Crippen molar-refractivity contribution in [2.24, 2.45) is 0 Å². The molecule has 0 amide bonds. The Morgan fingerprint density at radius 3 is 2.50 bits per heavy atom. The van der Waals surface area contributed by atoms with Gasteiger partial charge in [-0.25, -0.2) is 0 Å². The first-order valence-corrected chi connectivity index (χ1v) is 9.34. The highest BCUT2D eigenvalue weighted by Gasteiger charge is 2.38. The number of nitrogens with one attached hydrogen (secondary N) is 1. The van der Waals surface area contributed by atoms with Crippen LogP contribution in [0.1, 0.15) is 50.3 Å². The Kier molecular flexibility index (Phi) is 6.53. The molecule has 0 aromatic carbocycles.